The van der Waals surface area contributed by atoms with Crippen LogP contribution in [0.25, 0.3) is 0 Å². The largest absolute Gasteiger partial charge is 0.446 e. The summed E-state index contributed by atoms with van der Waals surface area (Å²) < 4.78 is 5.15. The van der Waals surface area contributed by atoms with Crippen LogP contribution in [0.1, 0.15) is 31.1 Å². The van der Waals surface area contributed by atoms with Gasteiger partial charge >= 0.3 is 0 Å². The minimum absolute atomic E-state index is 0.501. The van der Waals surface area contributed by atoms with Crippen LogP contribution in [0.5, 0.6) is 0 Å². The van der Waals surface area contributed by atoms with Gasteiger partial charge in [0.15, 0.2) is 5.88 Å². The molecule has 2 heteroatoms. The maximum Gasteiger partial charge on any atom is 0.190 e. The van der Waals surface area contributed by atoms with Crippen LogP contribution in [0.3, 0.4) is 0 Å². The molecular weight excluding hydrogens is 126 g/mol. The summed E-state index contributed by atoms with van der Waals surface area (Å²) >= 11 is 0. The second kappa shape index (κ2) is 2.37. The lowest BCUT2D eigenvalue weighted by Gasteiger charge is -1.99. The Labute approximate surface area is 61.0 Å². The van der Waals surface area contributed by atoms with Crippen molar-refractivity contribution >= 4 is 5.88 Å². The summed E-state index contributed by atoms with van der Waals surface area (Å²) in [5.74, 6) is 1.95. The van der Waals surface area contributed by atoms with E-state index in [2.05, 4.69) is 13.8 Å². The molecule has 10 heavy (non-hydrogen) atoms. The molecule has 2 N–H and O–H groups in total. The van der Waals surface area contributed by atoms with Gasteiger partial charge in [-0.05, 0) is 18.4 Å². The first-order chi connectivity index (χ1) is 4.61. The molecule has 0 aliphatic rings. The maximum atomic E-state index is 5.45. The van der Waals surface area contributed by atoms with E-state index in [1.165, 1.54) is 5.56 Å². The summed E-state index contributed by atoms with van der Waals surface area (Å²) in [6.45, 7) is 6.18. The number of hydrogen-bond donors (Lipinski definition) is 1. The molecule has 0 fully saturated rings. The van der Waals surface area contributed by atoms with Crippen molar-refractivity contribution in [1.82, 2.24) is 0 Å². The third-order valence-corrected chi connectivity index (χ3v) is 1.60. The average Bonchev–Trinajstić information content (AvgIpc) is 2.10. The van der Waals surface area contributed by atoms with Gasteiger partial charge in [-0.25, -0.2) is 0 Å². The number of furan rings is 1. The molecule has 0 bridgehead atoms. The molecule has 0 saturated heterocycles. The van der Waals surface area contributed by atoms with Crippen LogP contribution < -0.4 is 5.73 Å². The molecule has 0 aliphatic heterocycles. The zero-order valence-corrected chi connectivity index (χ0v) is 6.64. The Hall–Kier alpha value is -0.920. The Morgan fingerprint density at radius 1 is 1.50 bits per heavy atom. The van der Waals surface area contributed by atoms with Crippen molar-refractivity contribution in [1.29, 1.82) is 0 Å². The minimum Gasteiger partial charge on any atom is -0.446 e. The monoisotopic (exact) mass is 139 g/mol. The number of nitrogen functional groups attached to an aromatic ring is 1. The molecule has 0 radical (unpaired) electrons. The quantitative estimate of drug-likeness (QED) is 0.648. The van der Waals surface area contributed by atoms with E-state index in [0.717, 1.165) is 5.76 Å². The van der Waals surface area contributed by atoms with Crippen molar-refractivity contribution in [3.63, 3.8) is 0 Å². The van der Waals surface area contributed by atoms with E-state index in [0.29, 0.717) is 11.8 Å². The van der Waals surface area contributed by atoms with Crippen LogP contribution in [0.15, 0.2) is 10.5 Å². The molecule has 0 aliphatic carbocycles. The Balaban J connectivity index is 3.03. The van der Waals surface area contributed by atoms with E-state index in [1.54, 1.807) is 0 Å². The van der Waals surface area contributed by atoms with Crippen LogP contribution >= 0.6 is 0 Å². The third-order valence-electron chi connectivity index (χ3n) is 1.60. The number of aryl methyl sites for hydroxylation is 1. The highest BCUT2D eigenvalue weighted by Crippen LogP contribution is 2.23. The van der Waals surface area contributed by atoms with E-state index >= 15 is 0 Å². The lowest BCUT2D eigenvalue weighted by Crippen LogP contribution is -1.85. The van der Waals surface area contributed by atoms with Crippen molar-refractivity contribution in [2.45, 2.75) is 26.7 Å². The number of nitrogens with two attached hydrogens (primary N) is 1. The van der Waals surface area contributed by atoms with Gasteiger partial charge in [-0.15, -0.1) is 0 Å². The molecule has 0 atom stereocenters. The Kier molecular flexibility index (Phi) is 1.70. The van der Waals surface area contributed by atoms with Crippen LogP contribution in [0, 0.1) is 6.92 Å². The van der Waals surface area contributed by atoms with Crippen molar-refractivity contribution in [3.8, 4) is 0 Å². The molecule has 0 aromatic carbocycles. The maximum absolute atomic E-state index is 5.45. The average molecular weight is 139 g/mol. The van der Waals surface area contributed by atoms with Gasteiger partial charge < -0.3 is 10.2 Å². The van der Waals surface area contributed by atoms with E-state index in [1.807, 2.05) is 13.0 Å². The van der Waals surface area contributed by atoms with E-state index < -0.39 is 0 Å². The van der Waals surface area contributed by atoms with Gasteiger partial charge in [0.25, 0.3) is 0 Å². The lowest BCUT2D eigenvalue weighted by atomic mass is 10.1. The first-order valence-corrected chi connectivity index (χ1v) is 3.47. The third kappa shape index (κ3) is 1.15. The summed E-state index contributed by atoms with van der Waals surface area (Å²) in [7, 11) is 0. The summed E-state index contributed by atoms with van der Waals surface area (Å²) in [6.07, 6.45) is 0. The molecule has 0 unspecified atom stereocenters. The van der Waals surface area contributed by atoms with Gasteiger partial charge in [0.05, 0.1) is 0 Å². The van der Waals surface area contributed by atoms with Gasteiger partial charge in [-0.2, -0.15) is 0 Å². The predicted molar refractivity (Wildman–Crippen MR) is 41.9 cm³/mol. The Morgan fingerprint density at radius 2 is 2.10 bits per heavy atom. The Morgan fingerprint density at radius 3 is 2.30 bits per heavy atom. The summed E-state index contributed by atoms with van der Waals surface area (Å²) in [6, 6.07) is 1.89. The van der Waals surface area contributed by atoms with E-state index in [4.69, 9.17) is 10.2 Å². The van der Waals surface area contributed by atoms with Gasteiger partial charge in [0.1, 0.15) is 5.76 Å². The van der Waals surface area contributed by atoms with Crippen molar-refractivity contribution in [2.75, 3.05) is 5.73 Å². The second-order valence-corrected chi connectivity index (χ2v) is 2.81. The van der Waals surface area contributed by atoms with E-state index in [9.17, 15) is 0 Å². The molecule has 56 valence electrons. The van der Waals surface area contributed by atoms with E-state index in [-0.39, 0.29) is 0 Å². The van der Waals surface area contributed by atoms with Crippen LogP contribution in [-0.4, -0.2) is 0 Å². The van der Waals surface area contributed by atoms with Crippen LogP contribution in [0.2, 0.25) is 0 Å². The molecule has 1 aromatic heterocycles. The van der Waals surface area contributed by atoms with Crippen molar-refractivity contribution < 1.29 is 4.42 Å². The highest BCUT2D eigenvalue weighted by atomic mass is 16.3. The summed E-state index contributed by atoms with van der Waals surface area (Å²) in [5, 5.41) is 0. The van der Waals surface area contributed by atoms with Crippen molar-refractivity contribution in [3.05, 3.63) is 17.4 Å². The second-order valence-electron chi connectivity index (χ2n) is 2.81. The zero-order valence-electron chi connectivity index (χ0n) is 6.64. The minimum atomic E-state index is 0.501. The highest BCUT2D eigenvalue weighted by molar-refractivity contribution is 5.34. The topological polar surface area (TPSA) is 39.2 Å². The number of anilines is 1. The smallest absolute Gasteiger partial charge is 0.190 e. The van der Waals surface area contributed by atoms with Gasteiger partial charge in [-0.1, -0.05) is 13.8 Å². The normalized spacial score (nSPS) is 10.8. The predicted octanol–water partition coefficient (Wildman–Crippen LogP) is 2.29. The first-order valence-electron chi connectivity index (χ1n) is 3.47. The number of rotatable bonds is 1. The van der Waals surface area contributed by atoms with Crippen molar-refractivity contribution in [2.24, 2.45) is 0 Å². The molecular formula is C8H13NO. The molecule has 1 heterocycles. The zero-order chi connectivity index (χ0) is 7.72. The standard InChI is InChI=1S/C8H13NO/c1-5(2)7-4-8(9)10-6(7)3/h4-5H,9H2,1-3H3. The fourth-order valence-electron chi connectivity index (χ4n) is 1.09. The van der Waals surface area contributed by atoms with Gasteiger partial charge in [0, 0.05) is 6.07 Å². The van der Waals surface area contributed by atoms with Gasteiger partial charge in [-0.3, -0.25) is 0 Å². The molecule has 1 rings (SSSR count). The lowest BCUT2D eigenvalue weighted by molar-refractivity contribution is 0.545. The fraction of sp³-hybridized carbons (Fsp3) is 0.500. The van der Waals surface area contributed by atoms with Gasteiger partial charge in [0.2, 0.25) is 0 Å². The Bertz CT molecular complexity index is 225. The van der Waals surface area contributed by atoms with Crippen LogP contribution in [-0.2, 0) is 0 Å². The van der Waals surface area contributed by atoms with Crippen LogP contribution in [0.4, 0.5) is 5.88 Å². The number of hydrogen-bond acceptors (Lipinski definition) is 2. The summed E-state index contributed by atoms with van der Waals surface area (Å²) in [5.41, 5.74) is 6.66. The fourth-order valence-corrected chi connectivity index (χ4v) is 1.09. The molecule has 0 saturated carbocycles. The summed E-state index contributed by atoms with van der Waals surface area (Å²) in [4.78, 5) is 0. The highest BCUT2D eigenvalue weighted by Gasteiger charge is 2.07. The molecule has 0 amide bonds. The molecule has 0 spiro atoms. The SMILES string of the molecule is Cc1oc(N)cc1C(C)C. The first kappa shape index (κ1) is 7.19. The molecule has 1 aromatic rings. The molecule has 2 nitrogen and oxygen atoms in total.